The van der Waals surface area contributed by atoms with Crippen LogP contribution >= 0.6 is 12.2 Å². The summed E-state index contributed by atoms with van der Waals surface area (Å²) in [6.07, 6.45) is 6.16. The van der Waals surface area contributed by atoms with Gasteiger partial charge < -0.3 is 4.74 Å². The predicted octanol–water partition coefficient (Wildman–Crippen LogP) is 5.64. The molecule has 5 heteroatoms. The Morgan fingerprint density at radius 3 is 2.27 bits per heavy atom. The highest BCUT2D eigenvalue weighted by Gasteiger charge is 2.48. The largest absolute Gasteiger partial charge is 0.497 e. The summed E-state index contributed by atoms with van der Waals surface area (Å²) in [5, 5.41) is 0. The Balaban J connectivity index is 1.77. The van der Waals surface area contributed by atoms with Crippen LogP contribution in [-0.2, 0) is 0 Å². The smallest absolute Gasteiger partial charge is 0.260 e. The minimum Gasteiger partial charge on any atom is -0.497 e. The Labute approximate surface area is 184 Å². The molecule has 0 bridgehead atoms. The average molecular weight is 421 g/mol. The molecule has 0 radical (unpaired) electrons. The third-order valence-corrected chi connectivity index (χ3v) is 6.74. The molecular formula is C25H28N2O2S. The number of amides is 1. The average Bonchev–Trinajstić information content (AvgIpc) is 2.89. The van der Waals surface area contributed by atoms with Crippen molar-refractivity contribution < 1.29 is 9.53 Å². The van der Waals surface area contributed by atoms with Crippen molar-refractivity contribution in [2.45, 2.75) is 58.0 Å². The Kier molecular flexibility index (Phi) is 5.74. The minimum absolute atomic E-state index is 0.0442. The number of methoxy groups -OCH3 is 1. The molecule has 156 valence electrons. The number of ether oxygens (including phenoxy) is 1. The lowest BCUT2D eigenvalue weighted by molar-refractivity contribution is 0.0691. The molecule has 1 heterocycles. The molecule has 1 amide bonds. The van der Waals surface area contributed by atoms with E-state index in [1.807, 2.05) is 54.3 Å². The van der Waals surface area contributed by atoms with Crippen molar-refractivity contribution in [2.75, 3.05) is 7.11 Å². The van der Waals surface area contributed by atoms with E-state index in [4.69, 9.17) is 21.9 Å². The van der Waals surface area contributed by atoms with Gasteiger partial charge in [-0.05, 0) is 87.1 Å². The maximum atomic E-state index is 13.7. The number of aryl methyl sites for hydroxylation is 2. The number of benzene rings is 2. The molecule has 1 spiro atoms. The summed E-state index contributed by atoms with van der Waals surface area (Å²) in [6, 6.07) is 13.6. The van der Waals surface area contributed by atoms with Crippen molar-refractivity contribution in [2.24, 2.45) is 4.99 Å². The van der Waals surface area contributed by atoms with E-state index in [1.165, 1.54) is 18.4 Å². The van der Waals surface area contributed by atoms with Crippen molar-refractivity contribution in [3.63, 3.8) is 0 Å². The maximum absolute atomic E-state index is 13.7. The number of hydrogen-bond acceptors (Lipinski definition) is 4. The number of aliphatic imine (C=N–C) groups is 1. The lowest BCUT2D eigenvalue weighted by Gasteiger charge is -2.35. The quantitative estimate of drug-likeness (QED) is 0.604. The van der Waals surface area contributed by atoms with E-state index < -0.39 is 5.66 Å². The molecule has 0 saturated heterocycles. The van der Waals surface area contributed by atoms with Gasteiger partial charge >= 0.3 is 0 Å². The van der Waals surface area contributed by atoms with Crippen LogP contribution in [0.1, 0.15) is 65.6 Å². The standard InChI is InChI=1S/C25H28N2O2S/c1-17-8-9-20(16-18(17)2)23(28)27-24(30)22(19-10-12-21(29-3)13-11-19)26-25(27)14-6-4-5-7-15-25/h8-13,16H,4-7,14-15H2,1-3H3. The SMILES string of the molecule is COc1ccc(C2=NC3(CCCCCC3)N(C(=O)c3ccc(C)c(C)c3)C2=S)cc1. The number of thiocarbonyl (C=S) groups is 1. The highest BCUT2D eigenvalue weighted by atomic mass is 32.1. The summed E-state index contributed by atoms with van der Waals surface area (Å²) in [7, 11) is 1.65. The highest BCUT2D eigenvalue weighted by molar-refractivity contribution is 7.82. The third-order valence-electron chi connectivity index (χ3n) is 6.37. The molecule has 2 aromatic rings. The van der Waals surface area contributed by atoms with Gasteiger partial charge in [0.05, 0.1) is 7.11 Å². The van der Waals surface area contributed by atoms with E-state index in [0.29, 0.717) is 10.6 Å². The molecule has 4 rings (SSSR count). The fourth-order valence-electron chi connectivity index (χ4n) is 4.45. The Morgan fingerprint density at radius 2 is 1.67 bits per heavy atom. The van der Waals surface area contributed by atoms with Gasteiger partial charge in [-0.15, -0.1) is 0 Å². The fourth-order valence-corrected chi connectivity index (χ4v) is 4.87. The van der Waals surface area contributed by atoms with Crippen LogP contribution in [0.3, 0.4) is 0 Å². The van der Waals surface area contributed by atoms with Crippen LogP contribution in [0.2, 0.25) is 0 Å². The summed E-state index contributed by atoms with van der Waals surface area (Å²) in [4.78, 5) is 21.2. The first-order valence-corrected chi connectivity index (χ1v) is 11.1. The van der Waals surface area contributed by atoms with E-state index in [9.17, 15) is 4.79 Å². The fraction of sp³-hybridized carbons (Fsp3) is 0.400. The molecule has 2 aromatic carbocycles. The third kappa shape index (κ3) is 3.67. The topological polar surface area (TPSA) is 41.9 Å². The van der Waals surface area contributed by atoms with Crippen LogP contribution in [0, 0.1) is 13.8 Å². The molecular weight excluding hydrogens is 392 g/mol. The first-order chi connectivity index (χ1) is 14.4. The van der Waals surface area contributed by atoms with Crippen molar-refractivity contribution in [3.8, 4) is 5.75 Å². The molecule has 0 unspecified atom stereocenters. The molecule has 1 saturated carbocycles. The van der Waals surface area contributed by atoms with Gasteiger partial charge in [-0.3, -0.25) is 14.7 Å². The zero-order valence-electron chi connectivity index (χ0n) is 17.9. The summed E-state index contributed by atoms with van der Waals surface area (Å²) in [5.74, 6) is 0.743. The molecule has 1 fully saturated rings. The van der Waals surface area contributed by atoms with Crippen LogP contribution in [-0.4, -0.2) is 34.3 Å². The van der Waals surface area contributed by atoms with Gasteiger partial charge in [0.15, 0.2) is 0 Å². The summed E-state index contributed by atoms with van der Waals surface area (Å²) in [5.41, 5.74) is 4.06. The van der Waals surface area contributed by atoms with E-state index in [0.717, 1.165) is 48.3 Å². The van der Waals surface area contributed by atoms with Crippen LogP contribution < -0.4 is 4.74 Å². The molecule has 4 nitrogen and oxygen atoms in total. The number of rotatable bonds is 3. The van der Waals surface area contributed by atoms with Crippen LogP contribution in [0.15, 0.2) is 47.5 Å². The van der Waals surface area contributed by atoms with Gasteiger partial charge in [0.1, 0.15) is 22.1 Å². The first-order valence-electron chi connectivity index (χ1n) is 10.7. The van der Waals surface area contributed by atoms with E-state index in [2.05, 4.69) is 6.92 Å². The van der Waals surface area contributed by atoms with E-state index >= 15 is 0 Å². The molecule has 2 aliphatic rings. The Hall–Kier alpha value is -2.53. The second-order valence-corrected chi connectivity index (χ2v) is 8.72. The molecule has 0 aromatic heterocycles. The van der Waals surface area contributed by atoms with Crippen molar-refractivity contribution >= 4 is 28.8 Å². The number of carbonyl (C=O) groups is 1. The second-order valence-electron chi connectivity index (χ2n) is 8.33. The van der Waals surface area contributed by atoms with Crippen LogP contribution in [0.25, 0.3) is 0 Å². The lowest BCUT2D eigenvalue weighted by Crippen LogP contribution is -2.49. The molecule has 0 atom stereocenters. The monoisotopic (exact) mass is 420 g/mol. The number of nitrogens with zero attached hydrogens (tertiary/aromatic N) is 2. The van der Waals surface area contributed by atoms with Gasteiger partial charge in [0.25, 0.3) is 5.91 Å². The lowest BCUT2D eigenvalue weighted by atomic mass is 9.98. The van der Waals surface area contributed by atoms with Gasteiger partial charge in [0.2, 0.25) is 0 Å². The van der Waals surface area contributed by atoms with Gasteiger partial charge in [-0.1, -0.05) is 31.1 Å². The Morgan fingerprint density at radius 1 is 1.00 bits per heavy atom. The van der Waals surface area contributed by atoms with Crippen molar-refractivity contribution in [1.82, 2.24) is 4.90 Å². The van der Waals surface area contributed by atoms with Gasteiger partial charge in [-0.25, -0.2) is 0 Å². The normalized spacial score (nSPS) is 18.3. The highest BCUT2D eigenvalue weighted by Crippen LogP contribution is 2.40. The number of carbonyl (C=O) groups excluding carboxylic acids is 1. The van der Waals surface area contributed by atoms with Gasteiger partial charge in [-0.2, -0.15) is 0 Å². The zero-order chi connectivity index (χ0) is 21.3. The van der Waals surface area contributed by atoms with Crippen molar-refractivity contribution in [3.05, 3.63) is 64.7 Å². The van der Waals surface area contributed by atoms with Crippen LogP contribution in [0.4, 0.5) is 0 Å². The van der Waals surface area contributed by atoms with E-state index in [1.54, 1.807) is 7.11 Å². The summed E-state index contributed by atoms with van der Waals surface area (Å²) >= 11 is 5.88. The second kappa shape index (κ2) is 8.31. The molecule has 1 aliphatic carbocycles. The van der Waals surface area contributed by atoms with Gasteiger partial charge in [0, 0.05) is 11.1 Å². The predicted molar refractivity (Wildman–Crippen MR) is 125 cm³/mol. The minimum atomic E-state index is -0.571. The molecule has 30 heavy (non-hydrogen) atoms. The molecule has 0 N–H and O–H groups in total. The summed E-state index contributed by atoms with van der Waals surface area (Å²) < 4.78 is 5.29. The van der Waals surface area contributed by atoms with Crippen molar-refractivity contribution in [1.29, 1.82) is 0 Å². The zero-order valence-corrected chi connectivity index (χ0v) is 18.7. The van der Waals surface area contributed by atoms with E-state index in [-0.39, 0.29) is 5.91 Å². The van der Waals surface area contributed by atoms with Crippen LogP contribution in [0.5, 0.6) is 5.75 Å². The molecule has 1 aliphatic heterocycles. The Bertz CT molecular complexity index is 1000. The summed E-state index contributed by atoms with van der Waals surface area (Å²) in [6.45, 7) is 4.09. The maximum Gasteiger partial charge on any atom is 0.260 e. The first kappa shape index (κ1) is 20.7. The number of hydrogen-bond donors (Lipinski definition) is 0.